The van der Waals surface area contributed by atoms with Crippen LogP contribution in [-0.4, -0.2) is 19.1 Å². The minimum atomic E-state index is 0.851. The van der Waals surface area contributed by atoms with Crippen molar-refractivity contribution in [3.63, 3.8) is 0 Å². The molecule has 0 aliphatic heterocycles. The van der Waals surface area contributed by atoms with Gasteiger partial charge in [-0.3, -0.25) is 0 Å². The fraction of sp³-hybridized carbons (Fsp3) is 0.385. The lowest BCUT2D eigenvalue weighted by Crippen LogP contribution is -2.09. The Morgan fingerprint density at radius 3 is 2.56 bits per heavy atom. The molecule has 0 amide bonds. The van der Waals surface area contributed by atoms with Crippen LogP contribution in [-0.2, 0) is 6.42 Å². The molecular weight excluding hydrogens is 220 g/mol. The molecule has 1 N–H and O–H groups in total. The Kier molecular flexibility index (Phi) is 2.85. The van der Waals surface area contributed by atoms with Gasteiger partial charge in [-0.1, -0.05) is 18.5 Å². The Hall–Kier alpha value is -1.15. The minimum Gasteiger partial charge on any atom is -0.376 e. The van der Waals surface area contributed by atoms with Gasteiger partial charge in [0.15, 0.2) is 0 Å². The highest BCUT2D eigenvalue weighted by Gasteiger charge is 2.13. The van der Waals surface area contributed by atoms with E-state index in [4.69, 9.17) is 11.6 Å². The second kappa shape index (κ2) is 4.02. The van der Waals surface area contributed by atoms with Crippen LogP contribution in [0.3, 0.4) is 0 Å². The summed E-state index contributed by atoms with van der Waals surface area (Å²) in [7, 11) is 4.02. The largest absolute Gasteiger partial charge is 0.376 e. The number of hydrogen-bond donors (Lipinski definition) is 1. The average Bonchev–Trinajstić information content (AvgIpc) is 2.54. The Balaban J connectivity index is 2.81. The molecule has 2 aromatic rings. The van der Waals surface area contributed by atoms with E-state index in [0.29, 0.717) is 0 Å². The summed E-state index contributed by atoms with van der Waals surface area (Å²) in [5, 5.41) is 2.02. The fourth-order valence-corrected chi connectivity index (χ4v) is 2.66. The lowest BCUT2D eigenvalue weighted by Gasteiger charge is -2.15. The fourth-order valence-electron chi connectivity index (χ4n) is 2.22. The number of aromatic nitrogens is 1. The highest BCUT2D eigenvalue weighted by molar-refractivity contribution is 6.38. The Morgan fingerprint density at radius 1 is 1.31 bits per heavy atom. The van der Waals surface area contributed by atoms with Crippen molar-refractivity contribution in [2.24, 2.45) is 0 Å². The number of hydrogen-bond acceptors (Lipinski definition) is 1. The average molecular weight is 237 g/mol. The van der Waals surface area contributed by atoms with Crippen molar-refractivity contribution < 1.29 is 0 Å². The zero-order valence-electron chi connectivity index (χ0n) is 10.2. The van der Waals surface area contributed by atoms with Crippen LogP contribution < -0.4 is 4.90 Å². The first-order valence-electron chi connectivity index (χ1n) is 5.53. The molecule has 0 saturated carbocycles. The van der Waals surface area contributed by atoms with Crippen molar-refractivity contribution in [2.45, 2.75) is 20.3 Å². The van der Waals surface area contributed by atoms with E-state index in [1.54, 1.807) is 0 Å². The van der Waals surface area contributed by atoms with Crippen LogP contribution in [0.2, 0.25) is 5.02 Å². The summed E-state index contributed by atoms with van der Waals surface area (Å²) >= 11 is 6.47. The summed E-state index contributed by atoms with van der Waals surface area (Å²) in [5.41, 5.74) is 4.74. The lowest BCUT2D eigenvalue weighted by molar-refractivity contribution is 1.11. The molecule has 0 aliphatic rings. The summed E-state index contributed by atoms with van der Waals surface area (Å²) in [6.07, 6.45) is 1.00. The van der Waals surface area contributed by atoms with Crippen LogP contribution in [0.1, 0.15) is 18.2 Å². The van der Waals surface area contributed by atoms with Gasteiger partial charge in [-0.25, -0.2) is 0 Å². The molecule has 0 unspecified atom stereocenters. The van der Waals surface area contributed by atoms with Crippen LogP contribution in [0.5, 0.6) is 0 Å². The molecular formula is C13H17ClN2. The number of aromatic amines is 1. The standard InChI is InChI=1S/C13H17ClN2/c1-5-9-8(2)15-10-6-7-11(16(3)4)13(14)12(9)10/h6-7,15H,5H2,1-4H3. The van der Waals surface area contributed by atoms with Gasteiger partial charge in [0.2, 0.25) is 0 Å². The van der Waals surface area contributed by atoms with Gasteiger partial charge in [-0.2, -0.15) is 0 Å². The van der Waals surface area contributed by atoms with E-state index in [9.17, 15) is 0 Å². The third kappa shape index (κ3) is 1.57. The first kappa shape index (κ1) is 11.3. The van der Waals surface area contributed by atoms with Crippen LogP contribution >= 0.6 is 11.6 Å². The number of anilines is 1. The van der Waals surface area contributed by atoms with Gasteiger partial charge >= 0.3 is 0 Å². The van der Waals surface area contributed by atoms with Crippen molar-refractivity contribution in [1.29, 1.82) is 0 Å². The SMILES string of the molecule is CCc1c(C)[nH]c2ccc(N(C)C)c(Cl)c12. The first-order chi connectivity index (χ1) is 7.56. The van der Waals surface area contributed by atoms with Gasteiger partial charge in [0.25, 0.3) is 0 Å². The van der Waals surface area contributed by atoms with Gasteiger partial charge in [-0.05, 0) is 31.0 Å². The maximum Gasteiger partial charge on any atom is 0.0735 e. The number of halogens is 1. The van der Waals surface area contributed by atoms with Crippen molar-refractivity contribution in [1.82, 2.24) is 4.98 Å². The zero-order valence-corrected chi connectivity index (χ0v) is 10.9. The molecule has 0 spiro atoms. The van der Waals surface area contributed by atoms with Gasteiger partial charge in [-0.15, -0.1) is 0 Å². The second-order valence-corrected chi connectivity index (χ2v) is 4.68. The predicted molar refractivity (Wildman–Crippen MR) is 71.8 cm³/mol. The Morgan fingerprint density at radius 2 is 2.00 bits per heavy atom. The van der Waals surface area contributed by atoms with E-state index >= 15 is 0 Å². The first-order valence-corrected chi connectivity index (χ1v) is 5.91. The summed E-state index contributed by atoms with van der Waals surface area (Å²) in [5.74, 6) is 0. The number of benzene rings is 1. The summed E-state index contributed by atoms with van der Waals surface area (Å²) in [6, 6.07) is 4.16. The van der Waals surface area contributed by atoms with Crippen molar-refractivity contribution >= 4 is 28.2 Å². The summed E-state index contributed by atoms with van der Waals surface area (Å²) in [4.78, 5) is 5.43. The third-order valence-electron chi connectivity index (χ3n) is 3.03. The molecule has 86 valence electrons. The molecule has 0 saturated heterocycles. The maximum absolute atomic E-state index is 6.47. The smallest absolute Gasteiger partial charge is 0.0735 e. The molecule has 0 bridgehead atoms. The maximum atomic E-state index is 6.47. The van der Waals surface area contributed by atoms with Crippen LogP contribution in [0.25, 0.3) is 10.9 Å². The zero-order chi connectivity index (χ0) is 11.9. The Labute approximate surface area is 101 Å². The number of H-pyrrole nitrogens is 1. The van der Waals surface area contributed by atoms with Gasteiger partial charge < -0.3 is 9.88 Å². The van der Waals surface area contributed by atoms with Crippen molar-refractivity contribution in [3.8, 4) is 0 Å². The van der Waals surface area contributed by atoms with Crippen LogP contribution in [0, 0.1) is 6.92 Å². The van der Waals surface area contributed by atoms with Crippen LogP contribution in [0.15, 0.2) is 12.1 Å². The van der Waals surface area contributed by atoms with E-state index in [0.717, 1.165) is 22.6 Å². The van der Waals surface area contributed by atoms with Crippen molar-refractivity contribution in [3.05, 3.63) is 28.4 Å². The molecule has 0 fully saturated rings. The highest BCUT2D eigenvalue weighted by Crippen LogP contribution is 2.36. The third-order valence-corrected chi connectivity index (χ3v) is 3.42. The molecule has 3 heteroatoms. The minimum absolute atomic E-state index is 0.851. The summed E-state index contributed by atoms with van der Waals surface area (Å²) in [6.45, 7) is 4.26. The Bertz CT molecular complexity index is 526. The second-order valence-electron chi connectivity index (χ2n) is 4.30. The van der Waals surface area contributed by atoms with Crippen LogP contribution in [0.4, 0.5) is 5.69 Å². The molecule has 0 radical (unpaired) electrons. The number of aryl methyl sites for hydroxylation is 2. The molecule has 1 aromatic carbocycles. The molecule has 16 heavy (non-hydrogen) atoms. The number of nitrogens with one attached hydrogen (secondary N) is 1. The number of nitrogens with zero attached hydrogens (tertiary/aromatic N) is 1. The lowest BCUT2D eigenvalue weighted by atomic mass is 10.1. The molecule has 2 nitrogen and oxygen atoms in total. The van der Waals surface area contributed by atoms with Gasteiger partial charge in [0, 0.05) is 30.7 Å². The van der Waals surface area contributed by atoms with E-state index < -0.39 is 0 Å². The van der Waals surface area contributed by atoms with E-state index in [2.05, 4.69) is 31.0 Å². The predicted octanol–water partition coefficient (Wildman–Crippen LogP) is 3.76. The highest BCUT2D eigenvalue weighted by atomic mass is 35.5. The number of rotatable bonds is 2. The number of fused-ring (bicyclic) bond motifs is 1. The van der Waals surface area contributed by atoms with E-state index in [1.807, 2.05) is 19.0 Å². The topological polar surface area (TPSA) is 19.0 Å². The monoisotopic (exact) mass is 236 g/mol. The summed E-state index contributed by atoms with van der Waals surface area (Å²) < 4.78 is 0. The molecule has 1 aromatic heterocycles. The normalized spacial score (nSPS) is 11.1. The molecule has 0 aliphatic carbocycles. The van der Waals surface area contributed by atoms with E-state index in [1.165, 1.54) is 16.6 Å². The quantitative estimate of drug-likeness (QED) is 0.841. The van der Waals surface area contributed by atoms with E-state index in [-0.39, 0.29) is 0 Å². The molecule has 1 heterocycles. The van der Waals surface area contributed by atoms with Gasteiger partial charge in [0.1, 0.15) is 0 Å². The van der Waals surface area contributed by atoms with Crippen molar-refractivity contribution in [2.75, 3.05) is 19.0 Å². The molecule has 0 atom stereocenters. The molecule has 2 rings (SSSR count). The van der Waals surface area contributed by atoms with Gasteiger partial charge in [0.05, 0.1) is 10.7 Å².